The van der Waals surface area contributed by atoms with Gasteiger partial charge in [0.05, 0.1) is 21.4 Å². The lowest BCUT2D eigenvalue weighted by atomic mass is 10.2. The lowest BCUT2D eigenvalue weighted by Crippen LogP contribution is -2.05. The highest BCUT2D eigenvalue weighted by Crippen LogP contribution is 2.24. The van der Waals surface area contributed by atoms with E-state index in [2.05, 4.69) is 0 Å². The van der Waals surface area contributed by atoms with Gasteiger partial charge in [0.1, 0.15) is 0 Å². The van der Waals surface area contributed by atoms with E-state index in [-0.39, 0.29) is 10.6 Å². The van der Waals surface area contributed by atoms with Crippen LogP contribution in [0.15, 0.2) is 47.4 Å². The molecule has 0 saturated heterocycles. The van der Waals surface area contributed by atoms with Gasteiger partial charge < -0.3 is 5.73 Å². The Kier molecular flexibility index (Phi) is 4.04. The van der Waals surface area contributed by atoms with Crippen molar-refractivity contribution >= 4 is 38.7 Å². The molecule has 0 heterocycles. The quantitative estimate of drug-likeness (QED) is 0.881. The molecule has 19 heavy (non-hydrogen) atoms. The third-order valence-electron chi connectivity index (χ3n) is 2.57. The summed E-state index contributed by atoms with van der Waals surface area (Å²) in [5.74, 6) is -0.144. The fourth-order valence-electron chi connectivity index (χ4n) is 1.65. The topological polar surface area (TPSA) is 60.2 Å². The van der Waals surface area contributed by atoms with Crippen molar-refractivity contribution in [1.29, 1.82) is 0 Å². The molecule has 0 atom stereocenters. The zero-order valence-corrected chi connectivity index (χ0v) is 12.1. The second-order valence-electron chi connectivity index (χ2n) is 4.07. The van der Waals surface area contributed by atoms with Gasteiger partial charge in [-0.1, -0.05) is 35.3 Å². The lowest BCUT2D eigenvalue weighted by Gasteiger charge is -2.06. The molecular weight excluding hydrogens is 305 g/mol. The van der Waals surface area contributed by atoms with Crippen molar-refractivity contribution in [2.75, 3.05) is 5.73 Å². The van der Waals surface area contributed by atoms with E-state index < -0.39 is 9.84 Å². The molecule has 0 bridgehead atoms. The van der Waals surface area contributed by atoms with Crippen LogP contribution in [0.1, 0.15) is 5.56 Å². The van der Waals surface area contributed by atoms with E-state index in [1.807, 2.05) is 0 Å². The van der Waals surface area contributed by atoms with Crippen LogP contribution >= 0.6 is 23.2 Å². The Balaban J connectivity index is 2.33. The molecule has 0 spiro atoms. The second-order valence-corrected chi connectivity index (χ2v) is 6.91. The van der Waals surface area contributed by atoms with Crippen molar-refractivity contribution < 1.29 is 8.42 Å². The van der Waals surface area contributed by atoms with Crippen molar-refractivity contribution in [3.8, 4) is 0 Å². The number of nitrogen functional groups attached to an aromatic ring is 1. The maximum atomic E-state index is 12.2. The second kappa shape index (κ2) is 5.41. The minimum Gasteiger partial charge on any atom is -0.398 e. The number of halogens is 2. The fourth-order valence-corrected chi connectivity index (χ4v) is 3.40. The molecule has 100 valence electrons. The summed E-state index contributed by atoms with van der Waals surface area (Å²) in [7, 11) is -3.45. The third kappa shape index (κ3) is 3.41. The van der Waals surface area contributed by atoms with E-state index in [4.69, 9.17) is 28.9 Å². The summed E-state index contributed by atoms with van der Waals surface area (Å²) >= 11 is 11.6. The minimum atomic E-state index is -3.45. The Morgan fingerprint density at radius 2 is 1.79 bits per heavy atom. The number of benzene rings is 2. The van der Waals surface area contributed by atoms with E-state index in [9.17, 15) is 8.42 Å². The molecule has 2 aromatic rings. The molecule has 0 aliphatic carbocycles. The number of hydrogen-bond acceptors (Lipinski definition) is 3. The van der Waals surface area contributed by atoms with Crippen LogP contribution in [0.4, 0.5) is 5.69 Å². The summed E-state index contributed by atoms with van der Waals surface area (Å²) in [4.78, 5) is 0.188. The predicted octanol–water partition coefficient (Wildman–Crippen LogP) is 3.55. The number of anilines is 1. The first kappa shape index (κ1) is 14.2. The van der Waals surface area contributed by atoms with Crippen LogP contribution in [0.25, 0.3) is 0 Å². The number of sulfone groups is 1. The molecule has 0 fully saturated rings. The van der Waals surface area contributed by atoms with Gasteiger partial charge in [0.15, 0.2) is 9.84 Å². The molecular formula is C13H11Cl2NO2S. The van der Waals surface area contributed by atoms with Crippen LogP contribution in [0.5, 0.6) is 0 Å². The molecule has 6 heteroatoms. The first-order chi connectivity index (χ1) is 8.88. The Hall–Kier alpha value is -1.23. The molecule has 2 rings (SSSR count). The van der Waals surface area contributed by atoms with Crippen LogP contribution in [-0.2, 0) is 15.6 Å². The SMILES string of the molecule is Nc1cc(CS(=O)(=O)c2cccc(Cl)c2)ccc1Cl. The van der Waals surface area contributed by atoms with Crippen LogP contribution in [0.3, 0.4) is 0 Å². The van der Waals surface area contributed by atoms with Gasteiger partial charge in [0.25, 0.3) is 0 Å². The van der Waals surface area contributed by atoms with E-state index >= 15 is 0 Å². The van der Waals surface area contributed by atoms with E-state index in [0.29, 0.717) is 21.3 Å². The van der Waals surface area contributed by atoms with Gasteiger partial charge in [-0.2, -0.15) is 0 Å². The van der Waals surface area contributed by atoms with E-state index in [1.165, 1.54) is 12.1 Å². The van der Waals surface area contributed by atoms with Gasteiger partial charge in [-0.25, -0.2) is 8.42 Å². The van der Waals surface area contributed by atoms with Crippen molar-refractivity contribution in [2.24, 2.45) is 0 Å². The van der Waals surface area contributed by atoms with Gasteiger partial charge in [0.2, 0.25) is 0 Å². The zero-order chi connectivity index (χ0) is 14.0. The molecule has 0 aromatic heterocycles. The summed E-state index contributed by atoms with van der Waals surface area (Å²) in [6.07, 6.45) is 0. The lowest BCUT2D eigenvalue weighted by molar-refractivity contribution is 0.595. The summed E-state index contributed by atoms with van der Waals surface area (Å²) in [6.45, 7) is 0. The van der Waals surface area contributed by atoms with Crippen LogP contribution in [0.2, 0.25) is 10.0 Å². The van der Waals surface area contributed by atoms with Crippen LogP contribution in [0, 0.1) is 0 Å². The number of rotatable bonds is 3. The summed E-state index contributed by atoms with van der Waals surface area (Å²) in [5, 5.41) is 0.792. The molecule has 0 radical (unpaired) electrons. The highest BCUT2D eigenvalue weighted by molar-refractivity contribution is 7.90. The average molecular weight is 316 g/mol. The van der Waals surface area contributed by atoms with Crippen molar-refractivity contribution in [1.82, 2.24) is 0 Å². The largest absolute Gasteiger partial charge is 0.398 e. The van der Waals surface area contributed by atoms with Gasteiger partial charge in [-0.15, -0.1) is 0 Å². The summed E-state index contributed by atoms with van der Waals surface area (Å²) in [5.41, 5.74) is 6.60. The minimum absolute atomic E-state index is 0.144. The monoisotopic (exact) mass is 315 g/mol. The van der Waals surface area contributed by atoms with Crippen molar-refractivity contribution in [3.63, 3.8) is 0 Å². The Labute approximate surface area is 121 Å². The molecule has 0 unspecified atom stereocenters. The van der Waals surface area contributed by atoms with Crippen LogP contribution < -0.4 is 5.73 Å². The Morgan fingerprint density at radius 3 is 2.42 bits per heavy atom. The maximum absolute atomic E-state index is 12.2. The standard InChI is InChI=1S/C13H11Cl2NO2S/c14-10-2-1-3-11(7-10)19(17,18)8-9-4-5-12(15)13(16)6-9/h1-7H,8,16H2. The van der Waals surface area contributed by atoms with Gasteiger partial charge in [0, 0.05) is 5.02 Å². The van der Waals surface area contributed by atoms with E-state index in [1.54, 1.807) is 30.3 Å². The van der Waals surface area contributed by atoms with Gasteiger partial charge in [-0.05, 0) is 35.9 Å². The Bertz CT molecular complexity index is 714. The maximum Gasteiger partial charge on any atom is 0.182 e. The molecule has 0 aliphatic heterocycles. The van der Waals surface area contributed by atoms with Crippen molar-refractivity contribution in [2.45, 2.75) is 10.6 Å². The van der Waals surface area contributed by atoms with Gasteiger partial charge >= 0.3 is 0 Å². The molecule has 3 nitrogen and oxygen atoms in total. The first-order valence-electron chi connectivity index (χ1n) is 5.41. The molecule has 2 N–H and O–H groups in total. The highest BCUT2D eigenvalue weighted by Gasteiger charge is 2.16. The van der Waals surface area contributed by atoms with Crippen LogP contribution in [-0.4, -0.2) is 8.42 Å². The average Bonchev–Trinajstić information content (AvgIpc) is 2.33. The number of hydrogen-bond donors (Lipinski definition) is 1. The predicted molar refractivity (Wildman–Crippen MR) is 78.2 cm³/mol. The molecule has 2 aromatic carbocycles. The molecule has 0 saturated carbocycles. The first-order valence-corrected chi connectivity index (χ1v) is 7.81. The van der Waals surface area contributed by atoms with Gasteiger partial charge in [-0.3, -0.25) is 0 Å². The third-order valence-corrected chi connectivity index (χ3v) is 4.84. The molecule has 0 amide bonds. The number of nitrogens with two attached hydrogens (primary N) is 1. The molecule has 0 aliphatic rings. The highest BCUT2D eigenvalue weighted by atomic mass is 35.5. The smallest absolute Gasteiger partial charge is 0.182 e. The summed E-state index contributed by atoms with van der Waals surface area (Å²) < 4.78 is 24.4. The van der Waals surface area contributed by atoms with E-state index in [0.717, 1.165) is 0 Å². The zero-order valence-electron chi connectivity index (χ0n) is 9.81. The fraction of sp³-hybridized carbons (Fsp3) is 0.0769. The normalized spacial score (nSPS) is 11.5. The summed E-state index contributed by atoms with van der Waals surface area (Å²) in [6, 6.07) is 11.0. The van der Waals surface area contributed by atoms with Crippen molar-refractivity contribution in [3.05, 3.63) is 58.1 Å². The Morgan fingerprint density at radius 1 is 1.05 bits per heavy atom.